The van der Waals surface area contributed by atoms with Gasteiger partial charge in [0.2, 0.25) is 0 Å². The lowest BCUT2D eigenvalue weighted by Gasteiger charge is -2.48. The van der Waals surface area contributed by atoms with Crippen molar-refractivity contribution in [2.45, 2.75) is 43.2 Å². The van der Waals surface area contributed by atoms with E-state index in [1.54, 1.807) is 6.07 Å². The fraction of sp³-hybridized carbons (Fsp3) is 0.647. The molecule has 1 aliphatic carbocycles. The van der Waals surface area contributed by atoms with Gasteiger partial charge in [-0.3, -0.25) is 4.90 Å². The van der Waals surface area contributed by atoms with Gasteiger partial charge in [0.15, 0.2) is 5.79 Å². The number of hydrogen-bond donors (Lipinski definition) is 0. The molecule has 0 aromatic heterocycles. The highest BCUT2D eigenvalue weighted by molar-refractivity contribution is 5.85. The summed E-state index contributed by atoms with van der Waals surface area (Å²) in [6.45, 7) is 1.19. The van der Waals surface area contributed by atoms with Crippen molar-refractivity contribution in [3.05, 3.63) is 35.4 Å². The van der Waals surface area contributed by atoms with E-state index in [1.165, 1.54) is 12.1 Å². The molecular formula is C17H23ClF3NO2. The first-order chi connectivity index (χ1) is 10.8. The molecule has 0 radical (unpaired) electrons. The van der Waals surface area contributed by atoms with E-state index in [9.17, 15) is 13.2 Å². The van der Waals surface area contributed by atoms with Crippen LogP contribution in [0.5, 0.6) is 0 Å². The van der Waals surface area contributed by atoms with Gasteiger partial charge < -0.3 is 9.47 Å². The summed E-state index contributed by atoms with van der Waals surface area (Å²) >= 11 is 0. The van der Waals surface area contributed by atoms with Crippen LogP contribution < -0.4 is 0 Å². The minimum absolute atomic E-state index is 0. The van der Waals surface area contributed by atoms with E-state index < -0.39 is 23.1 Å². The monoisotopic (exact) mass is 365 g/mol. The molecule has 0 N–H and O–H groups in total. The molecule has 7 heteroatoms. The third kappa shape index (κ3) is 3.43. The number of benzene rings is 1. The van der Waals surface area contributed by atoms with E-state index in [0.717, 1.165) is 6.07 Å². The zero-order valence-electron chi connectivity index (χ0n) is 13.9. The summed E-state index contributed by atoms with van der Waals surface area (Å²) in [4.78, 5) is 2.03. The first kappa shape index (κ1) is 19.5. The van der Waals surface area contributed by atoms with Gasteiger partial charge in [0.05, 0.1) is 18.8 Å². The molecule has 1 aromatic carbocycles. The smallest absolute Gasteiger partial charge is 0.348 e. The summed E-state index contributed by atoms with van der Waals surface area (Å²) < 4.78 is 50.6. The Hall–Kier alpha value is -0.820. The lowest BCUT2D eigenvalue weighted by atomic mass is 9.73. The van der Waals surface area contributed by atoms with Gasteiger partial charge in [0.1, 0.15) is 0 Å². The van der Waals surface area contributed by atoms with Crippen LogP contribution in [0.1, 0.15) is 36.8 Å². The van der Waals surface area contributed by atoms with Gasteiger partial charge in [-0.1, -0.05) is 12.1 Å². The van der Waals surface area contributed by atoms with E-state index in [0.29, 0.717) is 44.5 Å². The largest absolute Gasteiger partial charge is 0.416 e. The Morgan fingerprint density at radius 2 is 1.58 bits per heavy atom. The minimum Gasteiger partial charge on any atom is -0.348 e. The van der Waals surface area contributed by atoms with Crippen LogP contribution in [0.3, 0.4) is 0 Å². The Labute approximate surface area is 146 Å². The van der Waals surface area contributed by atoms with Crippen molar-refractivity contribution in [3.8, 4) is 0 Å². The average molecular weight is 366 g/mol. The van der Waals surface area contributed by atoms with Gasteiger partial charge in [-0.05, 0) is 44.6 Å². The van der Waals surface area contributed by atoms with Crippen molar-refractivity contribution in [1.29, 1.82) is 0 Å². The summed E-state index contributed by atoms with van der Waals surface area (Å²) in [7, 11) is 3.85. The normalized spacial score (nSPS) is 22.6. The lowest BCUT2D eigenvalue weighted by molar-refractivity contribution is -0.193. The van der Waals surface area contributed by atoms with Crippen LogP contribution in [0.15, 0.2) is 24.3 Å². The van der Waals surface area contributed by atoms with Crippen LogP contribution in [0, 0.1) is 0 Å². The molecule has 0 amide bonds. The van der Waals surface area contributed by atoms with Crippen molar-refractivity contribution < 1.29 is 22.6 Å². The van der Waals surface area contributed by atoms with E-state index in [2.05, 4.69) is 0 Å². The van der Waals surface area contributed by atoms with Crippen LogP contribution in [-0.4, -0.2) is 38.0 Å². The molecule has 2 fully saturated rings. The predicted octanol–water partition coefficient (Wildman–Crippen LogP) is 4.20. The molecule has 1 heterocycles. The molecule has 0 atom stereocenters. The van der Waals surface area contributed by atoms with Gasteiger partial charge in [0, 0.05) is 18.4 Å². The molecule has 1 saturated carbocycles. The highest BCUT2D eigenvalue weighted by atomic mass is 35.5. The molecule has 0 bridgehead atoms. The Balaban J connectivity index is 0.00000208. The molecule has 24 heavy (non-hydrogen) atoms. The molecule has 2 aliphatic rings. The Morgan fingerprint density at radius 3 is 2.08 bits per heavy atom. The maximum Gasteiger partial charge on any atom is 0.416 e. The number of ether oxygens (including phenoxy) is 2. The van der Waals surface area contributed by atoms with Crippen molar-refractivity contribution in [2.75, 3.05) is 27.3 Å². The molecule has 3 nitrogen and oxygen atoms in total. The third-order valence-corrected chi connectivity index (χ3v) is 5.24. The zero-order valence-corrected chi connectivity index (χ0v) is 14.7. The second-order valence-electron chi connectivity index (χ2n) is 6.61. The second kappa shape index (κ2) is 6.83. The molecule has 3 rings (SSSR count). The fourth-order valence-electron chi connectivity index (χ4n) is 3.81. The molecule has 1 saturated heterocycles. The molecule has 1 aromatic rings. The summed E-state index contributed by atoms with van der Waals surface area (Å²) in [5.74, 6) is -0.527. The number of alkyl halides is 3. The Bertz CT molecular complexity index is 561. The summed E-state index contributed by atoms with van der Waals surface area (Å²) in [6, 6.07) is 5.70. The van der Waals surface area contributed by atoms with Gasteiger partial charge in [-0.2, -0.15) is 13.2 Å². The maximum absolute atomic E-state index is 13.0. The minimum atomic E-state index is -4.32. The van der Waals surface area contributed by atoms with Crippen molar-refractivity contribution in [2.24, 2.45) is 0 Å². The standard InChI is InChI=1S/C17H22F3NO2.ClH/c1-21(2)15(6-8-16(9-7-15)22-10-11-23-16)13-4-3-5-14(12-13)17(18,19)20;/h3-5,12H,6-11H2,1-2H3;1H. The number of rotatable bonds is 2. The van der Waals surface area contributed by atoms with Crippen molar-refractivity contribution in [3.63, 3.8) is 0 Å². The Kier molecular flexibility index (Phi) is 5.55. The first-order valence-corrected chi connectivity index (χ1v) is 7.91. The lowest BCUT2D eigenvalue weighted by Crippen LogP contribution is -2.49. The van der Waals surface area contributed by atoms with Gasteiger partial charge in [-0.25, -0.2) is 0 Å². The number of halogens is 4. The van der Waals surface area contributed by atoms with Crippen LogP contribution in [0.4, 0.5) is 13.2 Å². The van der Waals surface area contributed by atoms with E-state index in [-0.39, 0.29) is 12.4 Å². The van der Waals surface area contributed by atoms with Crippen LogP contribution in [0.25, 0.3) is 0 Å². The third-order valence-electron chi connectivity index (χ3n) is 5.24. The summed E-state index contributed by atoms with van der Waals surface area (Å²) in [6.07, 6.45) is -1.51. The quantitative estimate of drug-likeness (QED) is 0.784. The highest BCUT2D eigenvalue weighted by Crippen LogP contribution is 2.48. The van der Waals surface area contributed by atoms with Crippen LogP contribution in [0.2, 0.25) is 0 Å². The molecule has 136 valence electrons. The van der Waals surface area contributed by atoms with Crippen LogP contribution in [-0.2, 0) is 21.2 Å². The van der Waals surface area contributed by atoms with Crippen LogP contribution >= 0.6 is 12.4 Å². The zero-order chi connectivity index (χ0) is 16.7. The predicted molar refractivity (Wildman–Crippen MR) is 87.2 cm³/mol. The molecule has 1 aliphatic heterocycles. The van der Waals surface area contributed by atoms with E-state index >= 15 is 0 Å². The van der Waals surface area contributed by atoms with E-state index in [1.807, 2.05) is 19.0 Å². The van der Waals surface area contributed by atoms with Crippen molar-refractivity contribution >= 4 is 12.4 Å². The fourth-order valence-corrected chi connectivity index (χ4v) is 3.81. The van der Waals surface area contributed by atoms with E-state index in [4.69, 9.17) is 9.47 Å². The summed E-state index contributed by atoms with van der Waals surface area (Å²) in [5.41, 5.74) is -0.294. The first-order valence-electron chi connectivity index (χ1n) is 7.91. The summed E-state index contributed by atoms with van der Waals surface area (Å²) in [5, 5.41) is 0. The SMILES string of the molecule is CN(C)C1(c2cccc(C(F)(F)F)c2)CCC2(CC1)OCCO2.Cl. The maximum atomic E-state index is 13.0. The second-order valence-corrected chi connectivity index (χ2v) is 6.61. The average Bonchev–Trinajstić information content (AvgIpc) is 2.96. The number of hydrogen-bond acceptors (Lipinski definition) is 3. The van der Waals surface area contributed by atoms with Gasteiger partial charge in [-0.15, -0.1) is 12.4 Å². The van der Waals surface area contributed by atoms with Gasteiger partial charge >= 0.3 is 6.18 Å². The molecule has 0 unspecified atom stereocenters. The molecule has 1 spiro atoms. The Morgan fingerprint density at radius 1 is 1.00 bits per heavy atom. The number of nitrogens with zero attached hydrogens (tertiary/aromatic N) is 1. The molecular weight excluding hydrogens is 343 g/mol. The van der Waals surface area contributed by atoms with Crippen molar-refractivity contribution in [1.82, 2.24) is 4.90 Å². The highest BCUT2D eigenvalue weighted by Gasteiger charge is 2.48. The van der Waals surface area contributed by atoms with Gasteiger partial charge in [0.25, 0.3) is 0 Å². The topological polar surface area (TPSA) is 21.7 Å².